The first-order valence-electron chi connectivity index (χ1n) is 9.88. The van der Waals surface area contributed by atoms with Crippen LogP contribution in [0.3, 0.4) is 0 Å². The molecule has 4 nitrogen and oxygen atoms in total. The van der Waals surface area contributed by atoms with Crippen molar-refractivity contribution in [3.05, 3.63) is 107 Å². The predicted molar refractivity (Wildman–Crippen MR) is 117 cm³/mol. The fraction of sp³-hybridized carbons (Fsp3) is 0.240. The fourth-order valence-electron chi connectivity index (χ4n) is 4.38. The molecule has 0 spiro atoms. The number of carboxylic acid groups (broad SMARTS) is 1. The maximum Gasteiger partial charge on any atom is 0.320 e. The molecule has 5 N–H and O–H groups in total. The van der Waals surface area contributed by atoms with Crippen molar-refractivity contribution in [2.24, 2.45) is 17.4 Å². The van der Waals surface area contributed by atoms with E-state index in [-0.39, 0.29) is 0 Å². The molecule has 0 amide bonds. The standard InChI is InChI=1S/C25H28N2O2/c1-18-12-14-21(15-13-18)25(19-8-4-2-5-9-19,20-10-6-3-7-11-20)22(16-17-26)23(27)24(28)29/h2-15,22-23H,16-17,26-27H2,1H3,(H,28,29). The molecular formula is C25H28N2O2. The average molecular weight is 389 g/mol. The highest BCUT2D eigenvalue weighted by molar-refractivity contribution is 5.74. The summed E-state index contributed by atoms with van der Waals surface area (Å²) in [6.45, 7) is 2.38. The Bertz CT molecular complexity index is 885. The number of aliphatic carboxylic acids is 1. The van der Waals surface area contributed by atoms with E-state index >= 15 is 0 Å². The van der Waals surface area contributed by atoms with E-state index in [1.54, 1.807) is 0 Å². The molecule has 0 fully saturated rings. The zero-order valence-corrected chi connectivity index (χ0v) is 16.7. The Hall–Kier alpha value is -2.95. The Morgan fingerprint density at radius 1 is 0.862 bits per heavy atom. The predicted octanol–water partition coefficient (Wildman–Crippen LogP) is 3.71. The second kappa shape index (κ2) is 9.03. The topological polar surface area (TPSA) is 89.3 Å². The highest BCUT2D eigenvalue weighted by Gasteiger charge is 2.47. The summed E-state index contributed by atoms with van der Waals surface area (Å²) >= 11 is 0. The molecular weight excluding hydrogens is 360 g/mol. The van der Waals surface area contributed by atoms with Crippen LogP contribution in [0.4, 0.5) is 0 Å². The molecule has 3 rings (SSSR count). The molecule has 0 aliphatic heterocycles. The first-order chi connectivity index (χ1) is 14.0. The number of rotatable bonds is 8. The first kappa shape index (κ1) is 20.8. The van der Waals surface area contributed by atoms with Crippen LogP contribution in [0, 0.1) is 12.8 Å². The van der Waals surface area contributed by atoms with Gasteiger partial charge in [-0.25, -0.2) is 0 Å². The third-order valence-electron chi connectivity index (χ3n) is 5.72. The molecule has 0 saturated carbocycles. The molecule has 2 atom stereocenters. The van der Waals surface area contributed by atoms with Gasteiger partial charge < -0.3 is 16.6 Å². The second-order valence-electron chi connectivity index (χ2n) is 7.45. The van der Waals surface area contributed by atoms with Crippen LogP contribution in [-0.2, 0) is 10.2 Å². The third kappa shape index (κ3) is 3.95. The minimum atomic E-state index is -1.07. The van der Waals surface area contributed by atoms with Crippen molar-refractivity contribution >= 4 is 5.97 Å². The van der Waals surface area contributed by atoms with E-state index in [4.69, 9.17) is 11.5 Å². The molecule has 0 aliphatic rings. The molecule has 0 radical (unpaired) electrons. The lowest BCUT2D eigenvalue weighted by Gasteiger charge is -2.44. The Morgan fingerprint density at radius 3 is 1.72 bits per heavy atom. The van der Waals surface area contributed by atoms with Gasteiger partial charge in [-0.3, -0.25) is 4.79 Å². The van der Waals surface area contributed by atoms with Gasteiger partial charge in [-0.05, 0) is 36.6 Å². The SMILES string of the molecule is Cc1ccc(C(c2ccccc2)(c2ccccc2)C(CCN)C(N)C(=O)O)cc1. The summed E-state index contributed by atoms with van der Waals surface area (Å²) in [5.74, 6) is -1.45. The average Bonchev–Trinajstić information content (AvgIpc) is 2.75. The van der Waals surface area contributed by atoms with Crippen molar-refractivity contribution in [3.8, 4) is 0 Å². The molecule has 3 aromatic rings. The molecule has 4 heteroatoms. The molecule has 150 valence electrons. The van der Waals surface area contributed by atoms with E-state index < -0.39 is 23.3 Å². The highest BCUT2D eigenvalue weighted by atomic mass is 16.4. The van der Waals surface area contributed by atoms with E-state index in [1.165, 1.54) is 0 Å². The van der Waals surface area contributed by atoms with Crippen molar-refractivity contribution in [2.45, 2.75) is 24.8 Å². The third-order valence-corrected chi connectivity index (χ3v) is 5.72. The Labute approximate surface area is 172 Å². The lowest BCUT2D eigenvalue weighted by Crippen LogP contribution is -2.51. The van der Waals surface area contributed by atoms with Gasteiger partial charge in [0.25, 0.3) is 0 Å². The zero-order chi connectivity index (χ0) is 20.9. The zero-order valence-electron chi connectivity index (χ0n) is 16.7. The number of carbonyl (C=O) groups is 1. The second-order valence-corrected chi connectivity index (χ2v) is 7.45. The van der Waals surface area contributed by atoms with Crippen LogP contribution in [0.2, 0.25) is 0 Å². The minimum absolute atomic E-state index is 0.346. The first-order valence-corrected chi connectivity index (χ1v) is 9.88. The van der Waals surface area contributed by atoms with Crippen molar-refractivity contribution in [1.29, 1.82) is 0 Å². The van der Waals surface area contributed by atoms with E-state index in [2.05, 4.69) is 24.3 Å². The Balaban J connectivity index is 2.42. The minimum Gasteiger partial charge on any atom is -0.480 e. The maximum absolute atomic E-state index is 12.0. The molecule has 3 aromatic carbocycles. The molecule has 0 aromatic heterocycles. The summed E-state index contributed by atoms with van der Waals surface area (Å²) in [7, 11) is 0. The number of nitrogens with two attached hydrogens (primary N) is 2. The summed E-state index contributed by atoms with van der Waals surface area (Å²) in [6.07, 6.45) is 0.477. The summed E-state index contributed by atoms with van der Waals surface area (Å²) < 4.78 is 0. The number of aryl methyl sites for hydroxylation is 1. The molecule has 29 heavy (non-hydrogen) atoms. The molecule has 0 aliphatic carbocycles. The van der Waals surface area contributed by atoms with Gasteiger partial charge in [-0.1, -0.05) is 90.5 Å². The van der Waals surface area contributed by atoms with Crippen LogP contribution in [-0.4, -0.2) is 23.7 Å². The highest BCUT2D eigenvalue weighted by Crippen LogP contribution is 2.47. The quantitative estimate of drug-likeness (QED) is 0.513. The summed E-state index contributed by atoms with van der Waals surface area (Å²) in [5.41, 5.74) is 15.7. The van der Waals surface area contributed by atoms with Crippen LogP contribution >= 0.6 is 0 Å². The normalized spacial score (nSPS) is 13.6. The van der Waals surface area contributed by atoms with Gasteiger partial charge >= 0.3 is 5.97 Å². The van der Waals surface area contributed by atoms with E-state index in [0.717, 1.165) is 22.3 Å². The van der Waals surface area contributed by atoms with Crippen molar-refractivity contribution < 1.29 is 9.90 Å². The van der Waals surface area contributed by atoms with Gasteiger partial charge in [-0.15, -0.1) is 0 Å². The smallest absolute Gasteiger partial charge is 0.320 e. The van der Waals surface area contributed by atoms with Gasteiger partial charge in [0.15, 0.2) is 0 Å². The van der Waals surface area contributed by atoms with Gasteiger partial charge in [-0.2, -0.15) is 0 Å². The Morgan fingerprint density at radius 2 is 1.31 bits per heavy atom. The Kier molecular flexibility index (Phi) is 6.47. The molecule has 0 bridgehead atoms. The lowest BCUT2D eigenvalue weighted by molar-refractivity contribution is -0.140. The van der Waals surface area contributed by atoms with Gasteiger partial charge in [0, 0.05) is 11.3 Å². The van der Waals surface area contributed by atoms with Gasteiger partial charge in [0.2, 0.25) is 0 Å². The monoisotopic (exact) mass is 388 g/mol. The number of carboxylic acids is 1. The molecule has 2 unspecified atom stereocenters. The van der Waals surface area contributed by atoms with E-state index in [9.17, 15) is 9.90 Å². The fourth-order valence-corrected chi connectivity index (χ4v) is 4.38. The van der Waals surface area contributed by atoms with Crippen molar-refractivity contribution in [2.75, 3.05) is 6.54 Å². The number of hydrogen-bond donors (Lipinski definition) is 3. The maximum atomic E-state index is 12.0. The summed E-state index contributed by atoms with van der Waals surface area (Å²) in [6, 6.07) is 27.2. The van der Waals surface area contributed by atoms with Crippen LogP contribution in [0.15, 0.2) is 84.9 Å². The molecule has 0 heterocycles. The van der Waals surface area contributed by atoms with Crippen LogP contribution in [0.25, 0.3) is 0 Å². The summed E-state index contributed by atoms with van der Waals surface area (Å²) in [4.78, 5) is 12.0. The van der Waals surface area contributed by atoms with E-state index in [1.807, 2.05) is 67.6 Å². The molecule has 0 saturated heterocycles. The largest absolute Gasteiger partial charge is 0.480 e. The van der Waals surface area contributed by atoms with Crippen molar-refractivity contribution in [3.63, 3.8) is 0 Å². The van der Waals surface area contributed by atoms with Crippen LogP contribution in [0.1, 0.15) is 28.7 Å². The lowest BCUT2D eigenvalue weighted by atomic mass is 9.59. The van der Waals surface area contributed by atoms with Gasteiger partial charge in [0.1, 0.15) is 6.04 Å². The van der Waals surface area contributed by atoms with Crippen molar-refractivity contribution in [1.82, 2.24) is 0 Å². The summed E-state index contributed by atoms with van der Waals surface area (Å²) in [5, 5.41) is 9.86. The van der Waals surface area contributed by atoms with E-state index in [0.29, 0.717) is 13.0 Å². The number of benzene rings is 3. The van der Waals surface area contributed by atoms with Crippen LogP contribution in [0.5, 0.6) is 0 Å². The van der Waals surface area contributed by atoms with Crippen LogP contribution < -0.4 is 11.5 Å². The van der Waals surface area contributed by atoms with Gasteiger partial charge in [0.05, 0.1) is 0 Å². The number of hydrogen-bond acceptors (Lipinski definition) is 3.